The number of carboxylic acids is 1. The number of ether oxygens (including phenoxy) is 2. The molecule has 1 fully saturated rings. The Morgan fingerprint density at radius 1 is 1.22 bits per heavy atom. The minimum atomic E-state index is -1.78. The number of aliphatic hydroxyl groups is 3. The number of benzene rings is 1. The predicted molar refractivity (Wildman–Crippen MR) is 94.2 cm³/mol. The normalized spacial score (nSPS) is 29.0. The molecule has 27 heavy (non-hydrogen) atoms. The van der Waals surface area contributed by atoms with E-state index < -0.39 is 36.7 Å². The maximum Gasteiger partial charge on any atom is 0.335 e. The summed E-state index contributed by atoms with van der Waals surface area (Å²) >= 11 is 0. The fraction of sp³-hybridized carbons (Fsp3) is 0.556. The van der Waals surface area contributed by atoms with Gasteiger partial charge in [-0.2, -0.15) is 0 Å². The van der Waals surface area contributed by atoms with Crippen LogP contribution in [0, 0.1) is 12.8 Å². The number of hydrogen-bond donors (Lipinski definition) is 5. The van der Waals surface area contributed by atoms with E-state index in [1.54, 1.807) is 19.1 Å². The molecule has 1 heterocycles. The van der Waals surface area contributed by atoms with Gasteiger partial charge in [-0.15, -0.1) is 0 Å². The first kappa shape index (κ1) is 21.1. The molecule has 1 amide bonds. The van der Waals surface area contributed by atoms with E-state index in [0.29, 0.717) is 17.7 Å². The lowest BCUT2D eigenvalue weighted by Gasteiger charge is -2.38. The second-order valence-corrected chi connectivity index (χ2v) is 6.63. The van der Waals surface area contributed by atoms with Crippen molar-refractivity contribution < 1.29 is 39.5 Å². The molecule has 0 saturated carbocycles. The Kier molecular flexibility index (Phi) is 6.77. The number of aliphatic hydroxyl groups excluding tert-OH is 3. The second-order valence-electron chi connectivity index (χ2n) is 6.63. The SMILES string of the molecule is CCC(C)C(=O)Nc1ccc(OC2OC(C(=O)O)C(O)C(O)C2O)c(C)c1. The first-order valence-corrected chi connectivity index (χ1v) is 8.66. The molecule has 0 radical (unpaired) electrons. The molecule has 0 spiro atoms. The third-order valence-electron chi connectivity index (χ3n) is 4.56. The molecular formula is C18H25NO8. The van der Waals surface area contributed by atoms with Crippen LogP contribution in [0.15, 0.2) is 18.2 Å². The molecule has 0 bridgehead atoms. The molecule has 1 aliphatic heterocycles. The van der Waals surface area contributed by atoms with E-state index in [1.165, 1.54) is 6.07 Å². The number of nitrogens with one attached hydrogen (secondary N) is 1. The summed E-state index contributed by atoms with van der Waals surface area (Å²) in [7, 11) is 0. The standard InChI is InChI=1S/C18H25NO8/c1-4-8(2)16(23)19-10-5-6-11(9(3)7-10)26-18-14(22)12(20)13(21)15(27-18)17(24)25/h5-8,12-15,18,20-22H,4H2,1-3H3,(H,19,23)(H,24,25). The van der Waals surface area contributed by atoms with Crippen LogP contribution in [0.25, 0.3) is 0 Å². The first-order valence-electron chi connectivity index (χ1n) is 8.66. The van der Waals surface area contributed by atoms with Crippen molar-refractivity contribution in [1.29, 1.82) is 0 Å². The van der Waals surface area contributed by atoms with Crippen LogP contribution in [-0.4, -0.2) is 63.0 Å². The Morgan fingerprint density at radius 3 is 2.44 bits per heavy atom. The van der Waals surface area contributed by atoms with Crippen LogP contribution in [0.1, 0.15) is 25.8 Å². The van der Waals surface area contributed by atoms with Gasteiger partial charge >= 0.3 is 5.97 Å². The van der Waals surface area contributed by atoms with E-state index in [1.807, 2.05) is 13.8 Å². The molecule has 2 rings (SSSR count). The average molecular weight is 383 g/mol. The largest absolute Gasteiger partial charge is 0.479 e. The average Bonchev–Trinajstić information content (AvgIpc) is 2.62. The highest BCUT2D eigenvalue weighted by molar-refractivity contribution is 5.92. The highest BCUT2D eigenvalue weighted by Gasteiger charge is 2.48. The molecule has 0 aromatic heterocycles. The van der Waals surface area contributed by atoms with Crippen LogP contribution >= 0.6 is 0 Å². The summed E-state index contributed by atoms with van der Waals surface area (Å²) in [6.07, 6.45) is -7.66. The minimum absolute atomic E-state index is 0.113. The van der Waals surface area contributed by atoms with E-state index in [9.17, 15) is 24.9 Å². The fourth-order valence-corrected chi connectivity index (χ4v) is 2.58. The van der Waals surface area contributed by atoms with Crippen molar-refractivity contribution in [3.05, 3.63) is 23.8 Å². The topological polar surface area (TPSA) is 146 Å². The smallest absolute Gasteiger partial charge is 0.335 e. The van der Waals surface area contributed by atoms with Crippen LogP contribution in [0.4, 0.5) is 5.69 Å². The summed E-state index contributed by atoms with van der Waals surface area (Å²) in [6, 6.07) is 4.79. The summed E-state index contributed by atoms with van der Waals surface area (Å²) in [5.74, 6) is -1.46. The molecular weight excluding hydrogens is 358 g/mol. The number of aryl methyl sites for hydroxylation is 1. The summed E-state index contributed by atoms with van der Waals surface area (Å²) in [4.78, 5) is 23.1. The van der Waals surface area contributed by atoms with Gasteiger partial charge in [0.25, 0.3) is 0 Å². The van der Waals surface area contributed by atoms with Gasteiger partial charge in [-0.1, -0.05) is 13.8 Å². The number of aliphatic carboxylic acids is 1. The number of hydrogen-bond acceptors (Lipinski definition) is 7. The maximum atomic E-state index is 12.0. The lowest BCUT2D eigenvalue weighted by molar-refractivity contribution is -0.271. The van der Waals surface area contributed by atoms with Crippen LogP contribution in [0.5, 0.6) is 5.75 Å². The van der Waals surface area contributed by atoms with Gasteiger partial charge in [0.1, 0.15) is 24.1 Å². The molecule has 1 saturated heterocycles. The van der Waals surface area contributed by atoms with Gasteiger partial charge < -0.3 is 35.2 Å². The molecule has 1 aromatic carbocycles. The fourth-order valence-electron chi connectivity index (χ4n) is 2.58. The van der Waals surface area contributed by atoms with Gasteiger partial charge in [0, 0.05) is 11.6 Å². The monoisotopic (exact) mass is 383 g/mol. The third-order valence-corrected chi connectivity index (χ3v) is 4.56. The van der Waals surface area contributed by atoms with E-state index >= 15 is 0 Å². The van der Waals surface area contributed by atoms with Crippen LogP contribution < -0.4 is 10.1 Å². The Morgan fingerprint density at radius 2 is 1.89 bits per heavy atom. The summed E-state index contributed by atoms with van der Waals surface area (Å²) < 4.78 is 10.6. The highest BCUT2D eigenvalue weighted by Crippen LogP contribution is 2.28. The molecule has 9 nitrogen and oxygen atoms in total. The van der Waals surface area contributed by atoms with E-state index in [-0.39, 0.29) is 17.6 Å². The van der Waals surface area contributed by atoms with Gasteiger partial charge in [0.2, 0.25) is 12.2 Å². The van der Waals surface area contributed by atoms with Gasteiger partial charge in [0.05, 0.1) is 0 Å². The zero-order valence-electron chi connectivity index (χ0n) is 15.3. The molecule has 6 atom stereocenters. The minimum Gasteiger partial charge on any atom is -0.479 e. The van der Waals surface area contributed by atoms with E-state index in [2.05, 4.69) is 5.32 Å². The second kappa shape index (κ2) is 8.66. The van der Waals surface area contributed by atoms with Crippen molar-refractivity contribution in [3.63, 3.8) is 0 Å². The number of carboxylic acid groups (broad SMARTS) is 1. The first-order chi connectivity index (χ1) is 12.6. The van der Waals surface area contributed by atoms with Crippen LogP contribution in [-0.2, 0) is 14.3 Å². The Hall–Kier alpha value is -2.20. The Balaban J connectivity index is 2.12. The summed E-state index contributed by atoms with van der Waals surface area (Å²) in [5, 5.41) is 41.4. The van der Waals surface area contributed by atoms with Gasteiger partial charge in [-0.05, 0) is 37.1 Å². The molecule has 1 aromatic rings. The number of anilines is 1. The maximum absolute atomic E-state index is 12.0. The Labute approximate surface area is 156 Å². The molecule has 5 N–H and O–H groups in total. The Bertz CT molecular complexity index is 694. The quantitative estimate of drug-likeness (QED) is 0.470. The number of carbonyl (C=O) groups is 2. The van der Waals surface area contributed by atoms with Crippen molar-refractivity contribution in [2.24, 2.45) is 5.92 Å². The predicted octanol–water partition coefficient (Wildman–Crippen LogP) is 0.251. The highest BCUT2D eigenvalue weighted by atomic mass is 16.7. The van der Waals surface area contributed by atoms with Crippen molar-refractivity contribution in [1.82, 2.24) is 0 Å². The van der Waals surface area contributed by atoms with E-state index in [4.69, 9.17) is 14.6 Å². The number of carbonyl (C=O) groups excluding carboxylic acids is 1. The molecule has 150 valence electrons. The molecule has 9 heteroatoms. The van der Waals surface area contributed by atoms with Crippen molar-refractivity contribution in [2.75, 3.05) is 5.32 Å². The summed E-state index contributed by atoms with van der Waals surface area (Å²) in [6.45, 7) is 5.43. The number of rotatable bonds is 6. The lowest BCUT2D eigenvalue weighted by atomic mass is 9.99. The van der Waals surface area contributed by atoms with Crippen molar-refractivity contribution >= 4 is 17.6 Å². The zero-order chi connectivity index (χ0) is 20.3. The van der Waals surface area contributed by atoms with Crippen LogP contribution in [0.3, 0.4) is 0 Å². The molecule has 0 aliphatic carbocycles. The van der Waals surface area contributed by atoms with Crippen molar-refractivity contribution in [3.8, 4) is 5.75 Å². The number of amides is 1. The molecule has 1 aliphatic rings. The lowest BCUT2D eigenvalue weighted by Crippen LogP contribution is -2.61. The van der Waals surface area contributed by atoms with Gasteiger partial charge in [-0.25, -0.2) is 4.79 Å². The third kappa shape index (κ3) is 4.75. The van der Waals surface area contributed by atoms with Gasteiger partial charge in [0.15, 0.2) is 6.10 Å². The van der Waals surface area contributed by atoms with Crippen LogP contribution in [0.2, 0.25) is 0 Å². The zero-order valence-corrected chi connectivity index (χ0v) is 15.3. The molecule has 6 unspecified atom stereocenters. The van der Waals surface area contributed by atoms with Crippen molar-refractivity contribution in [2.45, 2.75) is 57.9 Å². The summed E-state index contributed by atoms with van der Waals surface area (Å²) in [5.41, 5.74) is 1.16. The van der Waals surface area contributed by atoms with Gasteiger partial charge in [-0.3, -0.25) is 4.79 Å². The van der Waals surface area contributed by atoms with E-state index in [0.717, 1.165) is 0 Å².